The summed E-state index contributed by atoms with van der Waals surface area (Å²) in [6, 6.07) is 3.98. The summed E-state index contributed by atoms with van der Waals surface area (Å²) in [5.41, 5.74) is -1.98. The van der Waals surface area contributed by atoms with Crippen LogP contribution in [-0.2, 0) is 14.3 Å². The lowest BCUT2D eigenvalue weighted by atomic mass is 9.88. The molecule has 2 aromatic rings. The summed E-state index contributed by atoms with van der Waals surface area (Å²) in [6.45, 7) is 9.10. The molecule has 7 nitrogen and oxygen atoms in total. The highest BCUT2D eigenvalue weighted by molar-refractivity contribution is 6.31. The average molecular weight is 548 g/mol. The Balaban J connectivity index is 2.78. The number of hydrogen-bond acceptors (Lipinski definition) is 6. The molecule has 0 aliphatic rings. The fourth-order valence-corrected chi connectivity index (χ4v) is 3.69. The molecule has 0 spiro atoms. The molecular weight excluding hydrogens is 515 g/mol. The Labute approximate surface area is 219 Å². The van der Waals surface area contributed by atoms with Crippen molar-refractivity contribution in [2.75, 3.05) is 20.3 Å². The molecule has 1 unspecified atom stereocenters. The lowest BCUT2D eigenvalue weighted by molar-refractivity contribution is -0.157. The van der Waals surface area contributed by atoms with Gasteiger partial charge in [-0.25, -0.2) is 0 Å². The summed E-state index contributed by atoms with van der Waals surface area (Å²) >= 11 is 6.19. The Bertz CT molecular complexity index is 1150. The van der Waals surface area contributed by atoms with E-state index in [-0.39, 0.29) is 46.2 Å². The standard InChI is InChI=1S/C26H33ClF3NO6/c1-24(2,3)36-11-10-16(23(33)37-25(4,5)6)21-20(19(34-7)13-31-22(21)32)17-12-15(27)8-9-18(17)35-14-26(28,29)30/h8-9,12-13,16H,10-11,14H2,1-7H3,(H,31,32). The van der Waals surface area contributed by atoms with Gasteiger partial charge in [0.25, 0.3) is 5.56 Å². The number of carbonyl (C=O) groups excluding carboxylic acids is 1. The van der Waals surface area contributed by atoms with E-state index in [4.69, 9.17) is 30.5 Å². The molecule has 37 heavy (non-hydrogen) atoms. The second-order valence-electron chi connectivity index (χ2n) is 10.4. The van der Waals surface area contributed by atoms with E-state index in [1.54, 1.807) is 20.8 Å². The number of rotatable bonds is 9. The SMILES string of the molecule is COc1c[nH]c(=O)c(C(CCOC(C)(C)C)C(=O)OC(C)(C)C)c1-c1cc(Cl)ccc1OCC(F)(F)F. The average Bonchev–Trinajstić information content (AvgIpc) is 2.73. The molecule has 11 heteroatoms. The summed E-state index contributed by atoms with van der Waals surface area (Å²) in [7, 11) is 1.33. The second-order valence-corrected chi connectivity index (χ2v) is 10.8. The lowest BCUT2D eigenvalue weighted by Gasteiger charge is -2.27. The van der Waals surface area contributed by atoms with Crippen LogP contribution in [-0.4, -0.2) is 48.7 Å². The first kappa shape index (κ1) is 30.5. The Morgan fingerprint density at radius 1 is 1.05 bits per heavy atom. The highest BCUT2D eigenvalue weighted by Gasteiger charge is 2.34. The van der Waals surface area contributed by atoms with Gasteiger partial charge in [-0.05, 0) is 66.2 Å². The fraction of sp³-hybridized carbons (Fsp3) is 0.538. The molecule has 0 aliphatic carbocycles. The zero-order valence-electron chi connectivity index (χ0n) is 22.0. The predicted molar refractivity (Wildman–Crippen MR) is 135 cm³/mol. The van der Waals surface area contributed by atoms with Crippen molar-refractivity contribution in [2.45, 2.75) is 71.3 Å². The van der Waals surface area contributed by atoms with Gasteiger partial charge in [-0.2, -0.15) is 13.2 Å². The highest BCUT2D eigenvalue weighted by atomic mass is 35.5. The Hall–Kier alpha value is -2.72. The maximum Gasteiger partial charge on any atom is 0.422 e. The van der Waals surface area contributed by atoms with Crippen LogP contribution < -0.4 is 15.0 Å². The normalized spacial score (nSPS) is 13.3. The lowest BCUT2D eigenvalue weighted by Crippen LogP contribution is -2.32. The van der Waals surface area contributed by atoms with Crippen LogP contribution in [0, 0.1) is 0 Å². The third kappa shape index (κ3) is 9.27. The first-order valence-electron chi connectivity index (χ1n) is 11.6. The van der Waals surface area contributed by atoms with Crippen LogP contribution in [0.25, 0.3) is 11.1 Å². The van der Waals surface area contributed by atoms with Gasteiger partial charge in [0.05, 0.1) is 18.6 Å². The number of benzene rings is 1. The van der Waals surface area contributed by atoms with E-state index in [2.05, 4.69) is 4.98 Å². The van der Waals surface area contributed by atoms with Gasteiger partial charge in [-0.1, -0.05) is 11.6 Å². The Morgan fingerprint density at radius 3 is 2.24 bits per heavy atom. The number of esters is 1. The van der Waals surface area contributed by atoms with Crippen LogP contribution >= 0.6 is 11.6 Å². The zero-order valence-corrected chi connectivity index (χ0v) is 22.7. The van der Waals surface area contributed by atoms with Gasteiger partial charge in [-0.3, -0.25) is 9.59 Å². The molecule has 2 rings (SSSR count). The van der Waals surface area contributed by atoms with Gasteiger partial charge in [0, 0.05) is 34.5 Å². The molecule has 0 aliphatic heterocycles. The largest absolute Gasteiger partial charge is 0.495 e. The van der Waals surface area contributed by atoms with E-state index in [0.29, 0.717) is 0 Å². The van der Waals surface area contributed by atoms with E-state index in [1.807, 2.05) is 20.8 Å². The number of nitrogens with one attached hydrogen (secondary N) is 1. The van der Waals surface area contributed by atoms with Crippen molar-refractivity contribution in [1.82, 2.24) is 4.98 Å². The van der Waals surface area contributed by atoms with Crippen LogP contribution in [0.5, 0.6) is 11.5 Å². The number of carbonyl (C=O) groups is 1. The third-order valence-corrected chi connectivity index (χ3v) is 5.13. The maximum absolute atomic E-state index is 13.4. The zero-order chi connectivity index (χ0) is 28.2. The predicted octanol–water partition coefficient (Wildman–Crippen LogP) is 6.28. The Kier molecular flexibility index (Phi) is 9.70. The summed E-state index contributed by atoms with van der Waals surface area (Å²) in [5.74, 6) is -1.95. The first-order valence-corrected chi connectivity index (χ1v) is 12.0. The van der Waals surface area contributed by atoms with E-state index in [1.165, 1.54) is 31.5 Å². The van der Waals surface area contributed by atoms with Gasteiger partial charge in [0.15, 0.2) is 6.61 Å². The van der Waals surface area contributed by atoms with Crippen molar-refractivity contribution >= 4 is 17.6 Å². The minimum atomic E-state index is -4.61. The molecule has 0 radical (unpaired) electrons. The first-order chi connectivity index (χ1) is 16.9. The number of ether oxygens (including phenoxy) is 4. The van der Waals surface area contributed by atoms with E-state index >= 15 is 0 Å². The molecule has 1 N–H and O–H groups in total. The summed E-state index contributed by atoms with van der Waals surface area (Å²) in [4.78, 5) is 29.2. The molecule has 0 amide bonds. The van der Waals surface area contributed by atoms with Crippen LogP contribution in [0.2, 0.25) is 5.02 Å². The number of hydrogen-bond donors (Lipinski definition) is 1. The van der Waals surface area contributed by atoms with Gasteiger partial charge >= 0.3 is 12.1 Å². The smallest absolute Gasteiger partial charge is 0.422 e. The molecule has 1 aromatic heterocycles. The number of pyridine rings is 1. The monoisotopic (exact) mass is 547 g/mol. The molecule has 206 valence electrons. The van der Waals surface area contributed by atoms with Crippen LogP contribution in [0.1, 0.15) is 59.4 Å². The quantitative estimate of drug-likeness (QED) is 0.372. The van der Waals surface area contributed by atoms with Crippen LogP contribution in [0.3, 0.4) is 0 Å². The Morgan fingerprint density at radius 2 is 1.70 bits per heavy atom. The number of halogens is 4. The van der Waals surface area contributed by atoms with Crippen molar-refractivity contribution in [3.05, 3.63) is 45.3 Å². The molecule has 0 bridgehead atoms. The molecular formula is C26H33ClF3NO6. The number of aromatic amines is 1. The number of H-pyrrole nitrogens is 1. The molecule has 0 saturated carbocycles. The molecule has 0 fully saturated rings. The van der Waals surface area contributed by atoms with E-state index in [9.17, 15) is 22.8 Å². The fourth-order valence-electron chi connectivity index (χ4n) is 3.52. The van der Waals surface area contributed by atoms with Gasteiger partial charge in [0.1, 0.15) is 17.1 Å². The van der Waals surface area contributed by atoms with Gasteiger partial charge in [-0.15, -0.1) is 0 Å². The minimum absolute atomic E-state index is 0.0503. The third-order valence-electron chi connectivity index (χ3n) is 4.90. The van der Waals surface area contributed by atoms with Crippen LogP contribution in [0.15, 0.2) is 29.2 Å². The maximum atomic E-state index is 13.4. The van der Waals surface area contributed by atoms with Gasteiger partial charge < -0.3 is 23.9 Å². The number of methoxy groups -OCH3 is 1. The summed E-state index contributed by atoms with van der Waals surface area (Å²) in [6.07, 6.45) is -3.30. The minimum Gasteiger partial charge on any atom is -0.495 e. The second kappa shape index (κ2) is 11.8. The van der Waals surface area contributed by atoms with Gasteiger partial charge in [0.2, 0.25) is 0 Å². The topological polar surface area (TPSA) is 86.9 Å². The molecule has 0 saturated heterocycles. The number of aromatic nitrogens is 1. The van der Waals surface area contributed by atoms with Crippen molar-refractivity contribution in [1.29, 1.82) is 0 Å². The molecule has 1 heterocycles. The van der Waals surface area contributed by atoms with Crippen molar-refractivity contribution in [2.24, 2.45) is 0 Å². The molecule has 1 atom stereocenters. The highest BCUT2D eigenvalue weighted by Crippen LogP contribution is 2.42. The van der Waals surface area contributed by atoms with Crippen molar-refractivity contribution < 1.29 is 36.9 Å². The van der Waals surface area contributed by atoms with E-state index in [0.717, 1.165) is 0 Å². The van der Waals surface area contributed by atoms with Crippen molar-refractivity contribution in [3.63, 3.8) is 0 Å². The summed E-state index contributed by atoms with van der Waals surface area (Å²) < 4.78 is 60.8. The van der Waals surface area contributed by atoms with Crippen LogP contribution in [0.4, 0.5) is 13.2 Å². The van der Waals surface area contributed by atoms with Crippen molar-refractivity contribution in [3.8, 4) is 22.6 Å². The summed E-state index contributed by atoms with van der Waals surface area (Å²) in [5, 5.41) is 0.174. The molecule has 1 aromatic carbocycles. The number of alkyl halides is 3. The van der Waals surface area contributed by atoms with E-state index < -0.39 is 41.4 Å².